The predicted octanol–water partition coefficient (Wildman–Crippen LogP) is -0.818. The molecule has 0 aromatic heterocycles. The number of ketones is 1. The number of carboxylic acids is 2. The minimum atomic E-state index is -1.46. The highest BCUT2D eigenvalue weighted by Crippen LogP contribution is 2.17. The van der Waals surface area contributed by atoms with E-state index in [1.807, 2.05) is 0 Å². The number of hydrogen-bond acceptors (Lipinski definition) is 6. The Hall–Kier alpha value is -2.00. The third-order valence-corrected chi connectivity index (χ3v) is 3.83. The molecule has 0 radical (unpaired) electrons. The molecule has 0 bridgehead atoms. The second kappa shape index (κ2) is 9.33. The molecule has 9 nitrogen and oxygen atoms in total. The van der Waals surface area contributed by atoms with Gasteiger partial charge in [-0.2, -0.15) is 0 Å². The molecule has 0 aromatic rings. The molecular formula is C15H27N3O6. The van der Waals surface area contributed by atoms with Crippen LogP contribution in [0.5, 0.6) is 0 Å². The molecule has 7 N–H and O–H groups in total. The van der Waals surface area contributed by atoms with E-state index in [1.165, 1.54) is 0 Å². The van der Waals surface area contributed by atoms with Crippen LogP contribution in [0.3, 0.4) is 0 Å². The number of aliphatic carboxylic acids is 2. The second-order valence-electron chi connectivity index (χ2n) is 6.48. The lowest BCUT2D eigenvalue weighted by atomic mass is 9.87. The number of rotatable bonds is 10. The third kappa shape index (κ3) is 6.25. The Labute approximate surface area is 140 Å². The van der Waals surface area contributed by atoms with Crippen molar-refractivity contribution in [1.29, 1.82) is 0 Å². The lowest BCUT2D eigenvalue weighted by Crippen LogP contribution is -2.59. The molecule has 0 spiro atoms. The Morgan fingerprint density at radius 3 is 1.71 bits per heavy atom. The minimum absolute atomic E-state index is 0.291. The third-order valence-electron chi connectivity index (χ3n) is 3.83. The summed E-state index contributed by atoms with van der Waals surface area (Å²) in [7, 11) is 0. The Morgan fingerprint density at radius 2 is 1.38 bits per heavy atom. The standard InChI is InChI=1S/C15H27N3O6/c1-6(2)8(14(21)22)5-9(19)10(16)11(17)13(20)18-12(7(3)4)15(23)24/h6-8,10-12H,5,16-17H2,1-4H3,(H,18,20)(H,21,22)(H,23,24)/t8-,10+,11-,12-/m0/s1. The summed E-state index contributed by atoms with van der Waals surface area (Å²) in [6.45, 7) is 6.53. The number of carboxylic acid groups (broad SMARTS) is 2. The van der Waals surface area contributed by atoms with Crippen LogP contribution in [-0.2, 0) is 19.2 Å². The average Bonchev–Trinajstić information content (AvgIpc) is 2.46. The topological polar surface area (TPSA) is 173 Å². The van der Waals surface area contributed by atoms with Crippen LogP contribution in [0.15, 0.2) is 0 Å². The first-order valence-electron chi connectivity index (χ1n) is 7.69. The molecule has 0 aliphatic rings. The summed E-state index contributed by atoms with van der Waals surface area (Å²) in [4.78, 5) is 46.3. The molecule has 4 atom stereocenters. The summed E-state index contributed by atoms with van der Waals surface area (Å²) >= 11 is 0. The fourth-order valence-corrected chi connectivity index (χ4v) is 2.09. The Balaban J connectivity index is 4.93. The molecule has 0 saturated heterocycles. The first kappa shape index (κ1) is 22.0. The largest absolute Gasteiger partial charge is 0.481 e. The van der Waals surface area contributed by atoms with Crippen molar-refractivity contribution < 1.29 is 29.4 Å². The van der Waals surface area contributed by atoms with E-state index in [-0.39, 0.29) is 18.3 Å². The summed E-state index contributed by atoms with van der Waals surface area (Å²) in [5.41, 5.74) is 11.3. The van der Waals surface area contributed by atoms with Crippen molar-refractivity contribution in [2.45, 2.75) is 52.2 Å². The molecule has 0 aliphatic carbocycles. The molecule has 0 fully saturated rings. The van der Waals surface area contributed by atoms with Crippen molar-refractivity contribution >= 4 is 23.6 Å². The van der Waals surface area contributed by atoms with Crippen LogP contribution in [0.2, 0.25) is 0 Å². The highest BCUT2D eigenvalue weighted by atomic mass is 16.4. The van der Waals surface area contributed by atoms with Gasteiger partial charge in [0.1, 0.15) is 12.1 Å². The zero-order valence-corrected chi connectivity index (χ0v) is 14.4. The number of carbonyl (C=O) groups is 4. The van der Waals surface area contributed by atoms with Crippen LogP contribution in [-0.4, -0.2) is 52.0 Å². The van der Waals surface area contributed by atoms with Crippen LogP contribution in [0.1, 0.15) is 34.1 Å². The van der Waals surface area contributed by atoms with Gasteiger partial charge < -0.3 is 27.0 Å². The first-order valence-corrected chi connectivity index (χ1v) is 7.69. The fourth-order valence-electron chi connectivity index (χ4n) is 2.09. The van der Waals surface area contributed by atoms with Gasteiger partial charge in [0.05, 0.1) is 12.0 Å². The maximum absolute atomic E-state index is 12.1. The van der Waals surface area contributed by atoms with Gasteiger partial charge in [-0.15, -0.1) is 0 Å². The molecule has 0 saturated carbocycles. The van der Waals surface area contributed by atoms with Gasteiger partial charge in [0, 0.05) is 6.42 Å². The van der Waals surface area contributed by atoms with Crippen molar-refractivity contribution in [1.82, 2.24) is 5.32 Å². The summed E-state index contributed by atoms with van der Waals surface area (Å²) in [6.07, 6.45) is -0.346. The molecule has 0 aromatic carbocycles. The van der Waals surface area contributed by atoms with E-state index >= 15 is 0 Å². The van der Waals surface area contributed by atoms with Gasteiger partial charge in [-0.25, -0.2) is 4.79 Å². The lowest BCUT2D eigenvalue weighted by molar-refractivity contribution is -0.146. The average molecular weight is 345 g/mol. The summed E-state index contributed by atoms with van der Waals surface area (Å²) in [5.74, 6) is -5.49. The van der Waals surface area contributed by atoms with Gasteiger partial charge in [0.15, 0.2) is 5.78 Å². The zero-order valence-electron chi connectivity index (χ0n) is 14.4. The molecule has 24 heavy (non-hydrogen) atoms. The van der Waals surface area contributed by atoms with Gasteiger partial charge in [0.2, 0.25) is 5.91 Å². The first-order chi connectivity index (χ1) is 10.9. The van der Waals surface area contributed by atoms with E-state index in [0.717, 1.165) is 0 Å². The monoisotopic (exact) mass is 345 g/mol. The van der Waals surface area contributed by atoms with Crippen molar-refractivity contribution in [2.75, 3.05) is 0 Å². The second-order valence-corrected chi connectivity index (χ2v) is 6.48. The van der Waals surface area contributed by atoms with Gasteiger partial charge in [-0.1, -0.05) is 27.7 Å². The van der Waals surface area contributed by atoms with Crippen molar-refractivity contribution in [3.8, 4) is 0 Å². The van der Waals surface area contributed by atoms with Crippen molar-refractivity contribution in [3.05, 3.63) is 0 Å². The number of carbonyl (C=O) groups excluding carboxylic acids is 2. The summed E-state index contributed by atoms with van der Waals surface area (Å²) < 4.78 is 0. The van der Waals surface area contributed by atoms with Gasteiger partial charge >= 0.3 is 11.9 Å². The maximum atomic E-state index is 12.1. The fraction of sp³-hybridized carbons (Fsp3) is 0.733. The number of amides is 1. The van der Waals surface area contributed by atoms with E-state index in [2.05, 4.69) is 5.32 Å². The van der Waals surface area contributed by atoms with E-state index in [1.54, 1.807) is 27.7 Å². The highest BCUT2D eigenvalue weighted by molar-refractivity contribution is 5.95. The van der Waals surface area contributed by atoms with Gasteiger partial charge in [0.25, 0.3) is 0 Å². The SMILES string of the molecule is CC(C)[C@H](CC(=O)[C@@H](N)[C@H](N)C(=O)N[C@H](C(=O)O)C(C)C)C(=O)O. The molecule has 0 heterocycles. The van der Waals surface area contributed by atoms with E-state index in [9.17, 15) is 19.2 Å². The van der Waals surface area contributed by atoms with Crippen molar-refractivity contribution in [2.24, 2.45) is 29.2 Å². The molecule has 0 aliphatic heterocycles. The number of hydrogen-bond donors (Lipinski definition) is 5. The number of nitrogens with one attached hydrogen (secondary N) is 1. The Bertz CT molecular complexity index is 448. The van der Waals surface area contributed by atoms with E-state index < -0.39 is 47.7 Å². The molecule has 9 heteroatoms. The van der Waals surface area contributed by atoms with E-state index in [4.69, 9.17) is 21.7 Å². The Morgan fingerprint density at radius 1 is 0.875 bits per heavy atom. The molecule has 0 rings (SSSR count). The number of nitrogens with two attached hydrogens (primary N) is 2. The molecule has 0 unspecified atom stereocenters. The quantitative estimate of drug-likeness (QED) is 0.341. The van der Waals surface area contributed by atoms with Crippen LogP contribution >= 0.6 is 0 Å². The van der Waals surface area contributed by atoms with Crippen LogP contribution < -0.4 is 16.8 Å². The predicted molar refractivity (Wildman–Crippen MR) is 85.9 cm³/mol. The zero-order chi connectivity index (χ0) is 19.2. The highest BCUT2D eigenvalue weighted by Gasteiger charge is 2.34. The summed E-state index contributed by atoms with van der Waals surface area (Å²) in [6, 6.07) is -4.03. The minimum Gasteiger partial charge on any atom is -0.481 e. The summed E-state index contributed by atoms with van der Waals surface area (Å²) in [5, 5.41) is 20.4. The Kier molecular flexibility index (Phi) is 8.56. The normalized spacial score (nSPS) is 16.3. The van der Waals surface area contributed by atoms with Crippen molar-refractivity contribution in [3.63, 3.8) is 0 Å². The van der Waals surface area contributed by atoms with Crippen LogP contribution in [0.25, 0.3) is 0 Å². The molecule has 138 valence electrons. The number of Topliss-reactive ketones (excluding diaryl/α,β-unsaturated/α-hetero) is 1. The van der Waals surface area contributed by atoms with Gasteiger partial charge in [-0.05, 0) is 11.8 Å². The maximum Gasteiger partial charge on any atom is 0.326 e. The smallest absolute Gasteiger partial charge is 0.326 e. The lowest BCUT2D eigenvalue weighted by Gasteiger charge is -2.24. The van der Waals surface area contributed by atoms with Crippen LogP contribution in [0, 0.1) is 17.8 Å². The van der Waals surface area contributed by atoms with Crippen LogP contribution in [0.4, 0.5) is 0 Å². The van der Waals surface area contributed by atoms with Gasteiger partial charge in [-0.3, -0.25) is 14.4 Å². The van der Waals surface area contributed by atoms with E-state index in [0.29, 0.717) is 0 Å². The molecular weight excluding hydrogens is 318 g/mol. The molecule has 1 amide bonds.